The number of aromatic nitrogens is 1. The van der Waals surface area contributed by atoms with Gasteiger partial charge in [-0.3, -0.25) is 0 Å². The van der Waals surface area contributed by atoms with Crippen LogP contribution in [-0.4, -0.2) is 60.0 Å². The van der Waals surface area contributed by atoms with Crippen molar-refractivity contribution in [1.29, 1.82) is 0 Å². The summed E-state index contributed by atoms with van der Waals surface area (Å²) in [6.07, 6.45) is 0. The van der Waals surface area contributed by atoms with Crippen molar-refractivity contribution in [2.45, 2.75) is 0 Å². The topological polar surface area (TPSA) is 276 Å². The average molecular weight is 334 g/mol. The average Bonchev–Trinajstić information content (AvgIpc) is 2.04. The Morgan fingerprint density at radius 2 is 1.05 bits per heavy atom. The van der Waals surface area contributed by atoms with Crippen molar-refractivity contribution in [3.8, 4) is 0 Å². The monoisotopic (exact) mass is 334 g/mol. The second-order valence-electron chi connectivity index (χ2n) is 2.02. The third-order valence-corrected chi connectivity index (χ3v) is 1.19. The molecule has 12 heteroatoms. The second kappa shape index (κ2) is 18.7. The Hall–Kier alpha value is -1.64. The molecule has 11 nitrogen and oxygen atoms in total. The fourth-order valence-corrected chi connectivity index (χ4v) is 0.673. The Labute approximate surface area is 116 Å². The third kappa shape index (κ3) is 12.6. The maximum absolute atomic E-state index is 10.3. The van der Waals surface area contributed by atoms with Crippen molar-refractivity contribution in [2.75, 3.05) is 0 Å². The summed E-state index contributed by atoms with van der Waals surface area (Å²) < 4.78 is 0. The van der Waals surface area contributed by atoms with Crippen molar-refractivity contribution in [1.82, 2.24) is 4.98 Å². The molecule has 14 N–H and O–H groups in total. The van der Waals surface area contributed by atoms with Gasteiger partial charge in [-0.25, -0.2) is 14.6 Å². The molecule has 0 fully saturated rings. The Kier molecular flexibility index (Phi) is 42.6. The largest absolute Gasteiger partial charge is 0.477 e. The van der Waals surface area contributed by atoms with E-state index in [0.29, 0.717) is 0 Å². The molecule has 0 aliphatic heterocycles. The molecular formula is C7H17CoNO10. The first kappa shape index (κ1) is 43.3. The quantitative estimate of drug-likeness (QED) is 0.539. The van der Waals surface area contributed by atoms with Gasteiger partial charge < -0.3 is 43.1 Å². The molecule has 1 aromatic heterocycles. The Bertz CT molecular complexity index is 317. The molecule has 1 radical (unpaired) electrons. The maximum atomic E-state index is 10.3. The smallest absolute Gasteiger partial charge is 0.354 e. The van der Waals surface area contributed by atoms with E-state index in [1.807, 2.05) is 0 Å². The van der Waals surface area contributed by atoms with Crippen molar-refractivity contribution in [2.24, 2.45) is 0 Å². The molecular weight excluding hydrogens is 317 g/mol. The van der Waals surface area contributed by atoms with Gasteiger partial charge in [-0.05, 0) is 12.1 Å². The van der Waals surface area contributed by atoms with Crippen LogP contribution in [0.1, 0.15) is 21.0 Å². The van der Waals surface area contributed by atoms with Gasteiger partial charge in [0.25, 0.3) is 0 Å². The summed E-state index contributed by atoms with van der Waals surface area (Å²) in [4.78, 5) is 24.0. The minimum absolute atomic E-state index is 0. The second-order valence-corrected chi connectivity index (χ2v) is 2.02. The number of rotatable bonds is 2. The minimum atomic E-state index is -1.24. The van der Waals surface area contributed by atoms with Crippen molar-refractivity contribution in [3.63, 3.8) is 0 Å². The van der Waals surface area contributed by atoms with E-state index in [4.69, 9.17) is 10.2 Å². The fraction of sp³-hybridized carbons (Fsp3) is 0. The summed E-state index contributed by atoms with van der Waals surface area (Å²) in [6.45, 7) is 0. The van der Waals surface area contributed by atoms with E-state index < -0.39 is 11.9 Å². The zero-order valence-corrected chi connectivity index (χ0v) is 10.3. The molecule has 0 aliphatic rings. The van der Waals surface area contributed by atoms with E-state index >= 15 is 0 Å². The van der Waals surface area contributed by atoms with E-state index in [1.54, 1.807) is 0 Å². The van der Waals surface area contributed by atoms with Crippen LogP contribution >= 0.6 is 0 Å². The zero-order valence-electron chi connectivity index (χ0n) is 9.22. The standard InChI is InChI=1S/C7H5NO4.Co.6H2O/c9-6(10)4-2-1-3-5(8-4)7(11)12;;;;;;;/h1-3H,(H,9,10)(H,11,12);;6*1H2. The number of carboxylic acid groups (broad SMARTS) is 2. The van der Waals surface area contributed by atoms with Crippen LogP contribution in [0.25, 0.3) is 0 Å². The van der Waals surface area contributed by atoms with Crippen LogP contribution in [0.3, 0.4) is 0 Å². The summed E-state index contributed by atoms with van der Waals surface area (Å²) >= 11 is 0. The molecule has 19 heavy (non-hydrogen) atoms. The number of hydrogen-bond acceptors (Lipinski definition) is 3. The maximum Gasteiger partial charge on any atom is 0.354 e. The SMILES string of the molecule is O.O.O.O.O.O.O=C(O)c1cccc(C(=O)O)n1.[Co]. The minimum Gasteiger partial charge on any atom is -0.477 e. The number of aromatic carboxylic acids is 2. The summed E-state index contributed by atoms with van der Waals surface area (Å²) in [6, 6.07) is 3.80. The van der Waals surface area contributed by atoms with Gasteiger partial charge in [-0.1, -0.05) is 6.07 Å². The number of carboxylic acids is 2. The molecule has 0 aromatic carbocycles. The zero-order chi connectivity index (χ0) is 9.14. The van der Waals surface area contributed by atoms with Gasteiger partial charge in [0.1, 0.15) is 11.4 Å². The van der Waals surface area contributed by atoms with Crippen LogP contribution in [0.5, 0.6) is 0 Å². The number of pyridine rings is 1. The predicted molar refractivity (Wildman–Crippen MR) is 59.8 cm³/mol. The number of hydrogen-bond donors (Lipinski definition) is 2. The summed E-state index contributed by atoms with van der Waals surface area (Å²) in [5.74, 6) is -2.48. The molecule has 0 aliphatic carbocycles. The van der Waals surface area contributed by atoms with Crippen molar-refractivity contribution in [3.05, 3.63) is 29.6 Å². The van der Waals surface area contributed by atoms with Gasteiger partial charge >= 0.3 is 11.9 Å². The Balaban J connectivity index is -0.0000000411. The first-order valence-corrected chi connectivity index (χ1v) is 3.05. The first-order chi connectivity index (χ1) is 5.61. The third-order valence-electron chi connectivity index (χ3n) is 1.19. The van der Waals surface area contributed by atoms with Crippen LogP contribution in [0.2, 0.25) is 0 Å². The van der Waals surface area contributed by atoms with E-state index in [0.717, 1.165) is 0 Å². The summed E-state index contributed by atoms with van der Waals surface area (Å²) in [7, 11) is 0. The molecule has 1 heterocycles. The molecule has 0 atom stereocenters. The van der Waals surface area contributed by atoms with Gasteiger partial charge in [-0.15, -0.1) is 0 Å². The van der Waals surface area contributed by atoms with Crippen LogP contribution in [0, 0.1) is 0 Å². The first-order valence-electron chi connectivity index (χ1n) is 3.05. The van der Waals surface area contributed by atoms with Crippen LogP contribution in [-0.2, 0) is 16.8 Å². The Morgan fingerprint density at radius 3 is 1.26 bits per heavy atom. The molecule has 0 amide bonds. The van der Waals surface area contributed by atoms with Crippen molar-refractivity contribution < 1.29 is 69.4 Å². The Morgan fingerprint density at radius 1 is 0.789 bits per heavy atom. The van der Waals surface area contributed by atoms with Crippen LogP contribution < -0.4 is 0 Å². The van der Waals surface area contributed by atoms with Crippen LogP contribution in [0.4, 0.5) is 0 Å². The number of nitrogens with zero attached hydrogens (tertiary/aromatic N) is 1. The van der Waals surface area contributed by atoms with Gasteiger partial charge in [0.2, 0.25) is 0 Å². The molecule has 0 saturated carbocycles. The fourth-order valence-electron chi connectivity index (χ4n) is 0.673. The normalized spacial score (nSPS) is 5.89. The molecule has 0 bridgehead atoms. The van der Waals surface area contributed by atoms with Gasteiger partial charge in [-0.2, -0.15) is 0 Å². The van der Waals surface area contributed by atoms with E-state index in [1.165, 1.54) is 18.2 Å². The molecule has 0 unspecified atom stereocenters. The van der Waals surface area contributed by atoms with Crippen molar-refractivity contribution >= 4 is 11.9 Å². The molecule has 1 aromatic rings. The molecule has 119 valence electrons. The molecule has 1 rings (SSSR count). The van der Waals surface area contributed by atoms with Crippen LogP contribution in [0.15, 0.2) is 18.2 Å². The number of carbonyl (C=O) groups is 2. The van der Waals surface area contributed by atoms with Gasteiger partial charge in [0.05, 0.1) is 0 Å². The molecule has 0 spiro atoms. The van der Waals surface area contributed by atoms with E-state index in [2.05, 4.69) is 4.98 Å². The van der Waals surface area contributed by atoms with E-state index in [-0.39, 0.29) is 61.0 Å². The summed E-state index contributed by atoms with van der Waals surface area (Å²) in [5, 5.41) is 16.9. The predicted octanol–water partition coefficient (Wildman–Crippen LogP) is -4.47. The summed E-state index contributed by atoms with van der Waals surface area (Å²) in [5.41, 5.74) is -0.537. The molecule has 0 saturated heterocycles. The van der Waals surface area contributed by atoms with E-state index in [9.17, 15) is 9.59 Å². The van der Waals surface area contributed by atoms with Gasteiger partial charge in [0, 0.05) is 16.8 Å². The van der Waals surface area contributed by atoms with Gasteiger partial charge in [0.15, 0.2) is 0 Å².